The van der Waals surface area contributed by atoms with Crippen LogP contribution in [0.2, 0.25) is 4.34 Å². The maximum Gasteiger partial charge on any atom is 0.344 e. The summed E-state index contributed by atoms with van der Waals surface area (Å²) in [5, 5.41) is 3.48. The van der Waals surface area contributed by atoms with Crippen LogP contribution in [-0.2, 0) is 10.3 Å². The lowest BCUT2D eigenvalue weighted by molar-refractivity contribution is -0.131. The van der Waals surface area contributed by atoms with Crippen molar-refractivity contribution in [1.82, 2.24) is 15.8 Å². The number of nitrogens with one attached hydrogen (secondary N) is 2. The van der Waals surface area contributed by atoms with Crippen molar-refractivity contribution in [2.45, 2.75) is 5.54 Å². The Morgan fingerprint density at radius 2 is 1.50 bits per heavy atom. The molecule has 0 unspecified atom stereocenters. The first-order valence-electron chi connectivity index (χ1n) is 8.36. The molecule has 0 saturated carbocycles. The van der Waals surface area contributed by atoms with E-state index in [-0.39, 0.29) is 0 Å². The first-order valence-corrected chi connectivity index (χ1v) is 9.56. The number of hydrogen-bond donors (Lipinski definition) is 2. The Labute approximate surface area is 169 Å². The topological polar surface area (TPSA) is 78.5 Å². The summed E-state index contributed by atoms with van der Waals surface area (Å²) in [6.07, 6.45) is 0. The average Bonchev–Trinajstić information content (AvgIpc) is 3.26. The molecule has 2 aromatic carbocycles. The van der Waals surface area contributed by atoms with Crippen molar-refractivity contribution in [3.05, 3.63) is 93.1 Å². The van der Waals surface area contributed by atoms with Gasteiger partial charge in [-0.25, -0.2) is 4.79 Å². The highest BCUT2D eigenvalue weighted by Gasteiger charge is 2.54. The van der Waals surface area contributed by atoms with E-state index in [1.807, 2.05) is 12.1 Å². The monoisotopic (exact) mass is 411 g/mol. The predicted octanol–water partition coefficient (Wildman–Crippen LogP) is 3.54. The Kier molecular flexibility index (Phi) is 4.62. The summed E-state index contributed by atoms with van der Waals surface area (Å²) in [6, 6.07) is 20.2. The molecule has 4 amide bonds. The molecule has 8 heteroatoms. The Bertz CT molecular complexity index is 1010. The molecule has 3 aromatic rings. The molecular formula is C20H14ClN3O3S. The number of urea groups is 1. The van der Waals surface area contributed by atoms with Gasteiger partial charge in [0.05, 0.1) is 9.21 Å². The fourth-order valence-corrected chi connectivity index (χ4v) is 4.09. The molecule has 140 valence electrons. The Morgan fingerprint density at radius 3 is 2.00 bits per heavy atom. The van der Waals surface area contributed by atoms with E-state index in [0.717, 1.165) is 16.3 Å². The van der Waals surface area contributed by atoms with Crippen LogP contribution >= 0.6 is 22.9 Å². The third-order valence-electron chi connectivity index (χ3n) is 4.45. The van der Waals surface area contributed by atoms with Crippen molar-refractivity contribution in [1.29, 1.82) is 0 Å². The largest absolute Gasteiger partial charge is 0.344 e. The minimum absolute atomic E-state index is 0.294. The van der Waals surface area contributed by atoms with Crippen molar-refractivity contribution in [2.24, 2.45) is 0 Å². The number of benzene rings is 2. The minimum atomic E-state index is -1.43. The highest BCUT2D eigenvalue weighted by atomic mass is 35.5. The summed E-state index contributed by atoms with van der Waals surface area (Å²) >= 11 is 6.92. The highest BCUT2D eigenvalue weighted by molar-refractivity contribution is 7.18. The van der Waals surface area contributed by atoms with E-state index in [0.29, 0.717) is 20.3 Å². The molecule has 28 heavy (non-hydrogen) atoms. The van der Waals surface area contributed by atoms with Gasteiger partial charge in [-0.3, -0.25) is 15.0 Å². The van der Waals surface area contributed by atoms with Crippen LogP contribution in [0.15, 0.2) is 72.8 Å². The van der Waals surface area contributed by atoms with Crippen LogP contribution in [0.25, 0.3) is 0 Å². The van der Waals surface area contributed by atoms with Gasteiger partial charge in [0.25, 0.3) is 11.8 Å². The van der Waals surface area contributed by atoms with Gasteiger partial charge in [0, 0.05) is 0 Å². The number of imide groups is 1. The first-order chi connectivity index (χ1) is 13.5. The molecule has 1 fully saturated rings. The maximum atomic E-state index is 13.4. The number of hydrazine groups is 1. The van der Waals surface area contributed by atoms with Crippen LogP contribution in [0, 0.1) is 0 Å². The number of hydrogen-bond acceptors (Lipinski definition) is 4. The maximum absolute atomic E-state index is 13.4. The second-order valence-electron chi connectivity index (χ2n) is 6.10. The zero-order valence-electron chi connectivity index (χ0n) is 14.4. The summed E-state index contributed by atoms with van der Waals surface area (Å²) in [6.45, 7) is 0. The van der Waals surface area contributed by atoms with E-state index >= 15 is 0 Å². The molecular weight excluding hydrogens is 398 g/mol. The van der Waals surface area contributed by atoms with Crippen LogP contribution in [0.4, 0.5) is 4.79 Å². The molecule has 2 heterocycles. The van der Waals surface area contributed by atoms with Gasteiger partial charge in [0.1, 0.15) is 0 Å². The van der Waals surface area contributed by atoms with E-state index in [1.165, 1.54) is 6.07 Å². The second-order valence-corrected chi connectivity index (χ2v) is 7.81. The van der Waals surface area contributed by atoms with Crippen LogP contribution in [0.1, 0.15) is 20.8 Å². The van der Waals surface area contributed by atoms with E-state index in [1.54, 1.807) is 54.6 Å². The lowest BCUT2D eigenvalue weighted by atomic mass is 9.83. The molecule has 0 radical (unpaired) electrons. The smallest absolute Gasteiger partial charge is 0.314 e. The molecule has 1 saturated heterocycles. The summed E-state index contributed by atoms with van der Waals surface area (Å²) in [7, 11) is 0. The third-order valence-corrected chi connectivity index (χ3v) is 5.68. The number of halogens is 1. The number of nitrogens with zero attached hydrogens (tertiary/aromatic N) is 1. The fraction of sp³-hybridized carbons (Fsp3) is 0.0500. The van der Waals surface area contributed by atoms with Crippen LogP contribution < -0.4 is 10.7 Å². The number of carbonyl (C=O) groups is 3. The zero-order valence-corrected chi connectivity index (χ0v) is 16.0. The molecule has 1 aromatic heterocycles. The Balaban J connectivity index is 1.74. The standard InChI is InChI=1S/C20H14ClN3O3S/c21-16-12-11-15(28-16)17(25)23-24-18(26)20(22-19(24)27,13-7-3-1-4-8-13)14-9-5-2-6-10-14/h1-12H,(H,22,27)(H,23,25). The van der Waals surface area contributed by atoms with Crippen LogP contribution in [0.5, 0.6) is 0 Å². The van der Waals surface area contributed by atoms with Crippen molar-refractivity contribution in [2.75, 3.05) is 0 Å². The van der Waals surface area contributed by atoms with Gasteiger partial charge in [0.2, 0.25) is 0 Å². The summed E-state index contributed by atoms with van der Waals surface area (Å²) < 4.78 is 0.435. The normalized spacial score (nSPS) is 15.4. The molecule has 0 bridgehead atoms. The number of amides is 4. The van der Waals surface area contributed by atoms with Gasteiger partial charge >= 0.3 is 6.03 Å². The van der Waals surface area contributed by atoms with E-state index in [9.17, 15) is 14.4 Å². The van der Waals surface area contributed by atoms with Crippen molar-refractivity contribution < 1.29 is 14.4 Å². The van der Waals surface area contributed by atoms with Gasteiger partial charge in [-0.2, -0.15) is 5.01 Å². The third kappa shape index (κ3) is 2.94. The van der Waals surface area contributed by atoms with Gasteiger partial charge in [-0.15, -0.1) is 11.3 Å². The van der Waals surface area contributed by atoms with Crippen LogP contribution in [-0.4, -0.2) is 22.9 Å². The van der Waals surface area contributed by atoms with Gasteiger partial charge < -0.3 is 5.32 Å². The fourth-order valence-electron chi connectivity index (χ4n) is 3.16. The average molecular weight is 412 g/mol. The minimum Gasteiger partial charge on any atom is -0.314 e. The Morgan fingerprint density at radius 1 is 0.929 bits per heavy atom. The van der Waals surface area contributed by atoms with Gasteiger partial charge in [0.15, 0.2) is 5.54 Å². The SMILES string of the molecule is O=C(NN1C(=O)NC(c2ccccc2)(c2ccccc2)C1=O)c1ccc(Cl)s1. The molecule has 0 spiro atoms. The molecule has 1 aliphatic rings. The predicted molar refractivity (Wildman–Crippen MR) is 106 cm³/mol. The van der Waals surface area contributed by atoms with E-state index in [2.05, 4.69) is 10.7 Å². The lowest BCUT2D eigenvalue weighted by Gasteiger charge is -2.27. The van der Waals surface area contributed by atoms with Gasteiger partial charge in [-0.05, 0) is 23.3 Å². The molecule has 4 rings (SSSR count). The summed E-state index contributed by atoms with van der Waals surface area (Å²) in [5.41, 5.74) is 2.14. The molecule has 2 N–H and O–H groups in total. The van der Waals surface area contributed by atoms with Crippen molar-refractivity contribution in [3.8, 4) is 0 Å². The first kappa shape index (κ1) is 18.2. The van der Waals surface area contributed by atoms with E-state index in [4.69, 9.17) is 11.6 Å². The van der Waals surface area contributed by atoms with Crippen molar-refractivity contribution >= 4 is 40.8 Å². The van der Waals surface area contributed by atoms with Crippen LogP contribution in [0.3, 0.4) is 0 Å². The lowest BCUT2D eigenvalue weighted by Crippen LogP contribution is -2.49. The van der Waals surface area contributed by atoms with Gasteiger partial charge in [-0.1, -0.05) is 72.3 Å². The second kappa shape index (κ2) is 7.10. The van der Waals surface area contributed by atoms with E-state index < -0.39 is 23.4 Å². The number of carbonyl (C=O) groups excluding carboxylic acids is 3. The molecule has 6 nitrogen and oxygen atoms in total. The summed E-state index contributed by atoms with van der Waals surface area (Å²) in [5.74, 6) is -1.18. The Hall–Kier alpha value is -3.16. The molecule has 0 atom stereocenters. The summed E-state index contributed by atoms with van der Waals surface area (Å²) in [4.78, 5) is 38.8. The van der Waals surface area contributed by atoms with Crippen molar-refractivity contribution in [3.63, 3.8) is 0 Å². The molecule has 0 aliphatic carbocycles. The molecule has 1 aliphatic heterocycles. The highest BCUT2D eigenvalue weighted by Crippen LogP contribution is 2.35. The quantitative estimate of drug-likeness (QED) is 0.644. The zero-order chi connectivity index (χ0) is 19.7. The number of rotatable bonds is 4. The number of thiophene rings is 1.